The van der Waals surface area contributed by atoms with Gasteiger partial charge in [0.25, 0.3) is 0 Å². The number of aromatic amines is 1. The summed E-state index contributed by atoms with van der Waals surface area (Å²) in [6.45, 7) is 4.18. The van der Waals surface area contributed by atoms with Gasteiger partial charge in [0.05, 0.1) is 24.0 Å². The van der Waals surface area contributed by atoms with Crippen LogP contribution in [0.4, 0.5) is 0 Å². The van der Waals surface area contributed by atoms with E-state index in [0.717, 1.165) is 31.9 Å². The van der Waals surface area contributed by atoms with Crippen molar-refractivity contribution in [2.24, 2.45) is 0 Å². The van der Waals surface area contributed by atoms with Crippen LogP contribution in [0.25, 0.3) is 11.3 Å². The van der Waals surface area contributed by atoms with Gasteiger partial charge in [0.15, 0.2) is 0 Å². The summed E-state index contributed by atoms with van der Waals surface area (Å²) in [5, 5.41) is 7.50. The summed E-state index contributed by atoms with van der Waals surface area (Å²) >= 11 is 0. The molecule has 2 atom stereocenters. The van der Waals surface area contributed by atoms with Crippen molar-refractivity contribution >= 4 is 0 Å². The number of aromatic nitrogens is 3. The van der Waals surface area contributed by atoms with Crippen molar-refractivity contribution in [3.05, 3.63) is 72.2 Å². The maximum Gasteiger partial charge on any atom is 0.0895 e. The van der Waals surface area contributed by atoms with E-state index in [0.29, 0.717) is 12.1 Å². The number of methoxy groups -OCH3 is 1. The number of H-pyrrole nitrogens is 1. The molecule has 0 radical (unpaired) electrons. The first-order valence-electron chi connectivity index (χ1n) is 10.8. The number of ether oxygens (including phenoxy) is 1. The lowest BCUT2D eigenvalue weighted by Gasteiger charge is -2.53. The van der Waals surface area contributed by atoms with Gasteiger partial charge in [0.2, 0.25) is 0 Å². The molecule has 0 unspecified atom stereocenters. The van der Waals surface area contributed by atoms with E-state index < -0.39 is 0 Å². The highest BCUT2D eigenvalue weighted by Crippen LogP contribution is 2.39. The molecule has 3 aromatic rings. The van der Waals surface area contributed by atoms with E-state index >= 15 is 0 Å². The highest BCUT2D eigenvalue weighted by molar-refractivity contribution is 5.62. The lowest BCUT2D eigenvalue weighted by Crippen LogP contribution is -2.60. The quantitative estimate of drug-likeness (QED) is 0.683. The zero-order chi connectivity index (χ0) is 20.3. The number of hydrogen-bond acceptors (Lipinski definition) is 5. The Balaban J connectivity index is 1.21. The molecule has 30 heavy (non-hydrogen) atoms. The van der Waals surface area contributed by atoms with Crippen molar-refractivity contribution < 1.29 is 4.74 Å². The highest BCUT2D eigenvalue weighted by Gasteiger charge is 2.44. The second kappa shape index (κ2) is 8.68. The third-order valence-corrected chi connectivity index (χ3v) is 6.63. The van der Waals surface area contributed by atoms with Gasteiger partial charge >= 0.3 is 0 Å². The van der Waals surface area contributed by atoms with Crippen LogP contribution in [0, 0.1) is 0 Å². The maximum absolute atomic E-state index is 5.73. The average molecular weight is 404 g/mol. The Kier molecular flexibility index (Phi) is 5.62. The number of rotatable bonds is 6. The van der Waals surface area contributed by atoms with E-state index in [1.807, 2.05) is 37.8 Å². The van der Waals surface area contributed by atoms with E-state index in [1.165, 1.54) is 29.5 Å². The Hall–Kier alpha value is -2.54. The Morgan fingerprint density at radius 3 is 2.63 bits per heavy atom. The Labute approximate surface area is 177 Å². The molecule has 1 aromatic carbocycles. The number of nitrogens with zero attached hydrogens (tertiary/aromatic N) is 4. The first kappa shape index (κ1) is 19.4. The third-order valence-electron chi connectivity index (χ3n) is 6.63. The van der Waals surface area contributed by atoms with Crippen molar-refractivity contribution in [1.82, 2.24) is 25.0 Å². The van der Waals surface area contributed by atoms with Crippen LogP contribution >= 0.6 is 0 Å². The molecule has 4 heterocycles. The third kappa shape index (κ3) is 3.78. The Bertz CT molecular complexity index is 936. The molecule has 6 nitrogen and oxygen atoms in total. The van der Waals surface area contributed by atoms with Gasteiger partial charge in [-0.1, -0.05) is 36.4 Å². The maximum atomic E-state index is 5.73. The van der Waals surface area contributed by atoms with E-state index in [2.05, 4.69) is 55.3 Å². The number of hydrogen-bond donors (Lipinski definition) is 1. The Morgan fingerprint density at radius 2 is 1.90 bits per heavy atom. The second-order valence-corrected chi connectivity index (χ2v) is 8.35. The second-order valence-electron chi connectivity index (χ2n) is 8.35. The first-order chi connectivity index (χ1) is 14.8. The topological polar surface area (TPSA) is 57.3 Å². The molecule has 0 saturated carbocycles. The van der Waals surface area contributed by atoms with E-state index in [9.17, 15) is 0 Å². The number of piperidine rings is 1. The SMILES string of the molecule is CO[C@H]1CN(C2CCN(Cc3cn[nH]c3-c3ccccc3)CC2)[C@H]1c1cccnc1. The van der Waals surface area contributed by atoms with Crippen LogP contribution in [-0.2, 0) is 11.3 Å². The summed E-state index contributed by atoms with van der Waals surface area (Å²) in [4.78, 5) is 9.50. The Morgan fingerprint density at radius 1 is 1.07 bits per heavy atom. The van der Waals surface area contributed by atoms with Crippen molar-refractivity contribution in [1.29, 1.82) is 0 Å². The molecule has 2 aromatic heterocycles. The number of nitrogens with one attached hydrogen (secondary N) is 1. The summed E-state index contributed by atoms with van der Waals surface area (Å²) in [6.07, 6.45) is 8.45. The fourth-order valence-electron chi connectivity index (χ4n) is 4.97. The zero-order valence-corrected chi connectivity index (χ0v) is 17.4. The standard InChI is InChI=1S/C24H29N5O/c1-30-22-17-29(24(22)19-8-5-11-25-14-19)21-9-12-28(13-10-21)16-20-15-26-27-23(20)18-6-3-2-4-7-18/h2-8,11,14-15,21-22,24H,9-10,12-13,16-17H2,1H3,(H,26,27)/t22-,24-/m0/s1. The first-order valence-corrected chi connectivity index (χ1v) is 10.8. The molecule has 5 rings (SSSR count). The summed E-state index contributed by atoms with van der Waals surface area (Å²) in [6, 6.07) is 15.6. The molecule has 2 fully saturated rings. The van der Waals surface area contributed by atoms with Gasteiger partial charge in [0, 0.05) is 44.2 Å². The summed E-state index contributed by atoms with van der Waals surface area (Å²) in [5.41, 5.74) is 4.88. The van der Waals surface area contributed by atoms with Crippen molar-refractivity contribution in [3.63, 3.8) is 0 Å². The van der Waals surface area contributed by atoms with Gasteiger partial charge < -0.3 is 4.74 Å². The molecule has 156 valence electrons. The summed E-state index contributed by atoms with van der Waals surface area (Å²) in [5.74, 6) is 0. The van der Waals surface area contributed by atoms with Gasteiger partial charge in [-0.3, -0.25) is 19.9 Å². The predicted molar refractivity (Wildman–Crippen MR) is 117 cm³/mol. The number of pyridine rings is 1. The van der Waals surface area contributed by atoms with E-state index in [-0.39, 0.29) is 6.10 Å². The van der Waals surface area contributed by atoms with Crippen LogP contribution < -0.4 is 0 Å². The summed E-state index contributed by atoms with van der Waals surface area (Å²) in [7, 11) is 1.82. The molecule has 0 aliphatic carbocycles. The lowest BCUT2D eigenvalue weighted by atomic mass is 9.87. The van der Waals surface area contributed by atoms with E-state index in [4.69, 9.17) is 4.74 Å². The zero-order valence-electron chi connectivity index (χ0n) is 17.4. The molecular weight excluding hydrogens is 374 g/mol. The predicted octanol–water partition coefficient (Wildman–Crippen LogP) is 3.51. The van der Waals surface area contributed by atoms with Crippen LogP contribution in [0.2, 0.25) is 0 Å². The smallest absolute Gasteiger partial charge is 0.0895 e. The lowest BCUT2D eigenvalue weighted by molar-refractivity contribution is -0.117. The molecular formula is C24H29N5O. The average Bonchev–Trinajstić information content (AvgIpc) is 3.24. The molecule has 0 bridgehead atoms. The fraction of sp³-hybridized carbons (Fsp3) is 0.417. The number of likely N-dealkylation sites (tertiary alicyclic amines) is 2. The molecule has 2 aliphatic heterocycles. The van der Waals surface area contributed by atoms with Crippen molar-refractivity contribution in [2.45, 2.75) is 37.6 Å². The van der Waals surface area contributed by atoms with Gasteiger partial charge in [-0.05, 0) is 43.1 Å². The van der Waals surface area contributed by atoms with Crippen LogP contribution in [0.5, 0.6) is 0 Å². The molecule has 6 heteroatoms. The molecule has 2 aliphatic rings. The van der Waals surface area contributed by atoms with Gasteiger partial charge in [-0.15, -0.1) is 0 Å². The van der Waals surface area contributed by atoms with Crippen molar-refractivity contribution in [3.8, 4) is 11.3 Å². The van der Waals surface area contributed by atoms with Crippen LogP contribution in [0.15, 0.2) is 61.1 Å². The van der Waals surface area contributed by atoms with Crippen LogP contribution in [-0.4, -0.2) is 63.9 Å². The van der Waals surface area contributed by atoms with Gasteiger partial charge in [-0.2, -0.15) is 5.10 Å². The van der Waals surface area contributed by atoms with Gasteiger partial charge in [-0.25, -0.2) is 0 Å². The monoisotopic (exact) mass is 403 g/mol. The largest absolute Gasteiger partial charge is 0.378 e. The minimum atomic E-state index is 0.270. The molecule has 0 amide bonds. The fourth-order valence-corrected chi connectivity index (χ4v) is 4.97. The normalized spacial score (nSPS) is 23.4. The highest BCUT2D eigenvalue weighted by atomic mass is 16.5. The molecule has 0 spiro atoms. The van der Waals surface area contributed by atoms with Gasteiger partial charge in [0.1, 0.15) is 0 Å². The van der Waals surface area contributed by atoms with Crippen molar-refractivity contribution in [2.75, 3.05) is 26.7 Å². The molecule has 2 saturated heterocycles. The molecule has 1 N–H and O–H groups in total. The minimum Gasteiger partial charge on any atom is -0.378 e. The van der Waals surface area contributed by atoms with E-state index in [1.54, 1.807) is 0 Å². The van der Waals surface area contributed by atoms with Crippen LogP contribution in [0.3, 0.4) is 0 Å². The minimum absolute atomic E-state index is 0.270. The van der Waals surface area contributed by atoms with Crippen LogP contribution in [0.1, 0.15) is 30.0 Å². The number of benzene rings is 1. The summed E-state index contributed by atoms with van der Waals surface area (Å²) < 4.78 is 5.73.